The van der Waals surface area contributed by atoms with Crippen molar-refractivity contribution in [3.63, 3.8) is 0 Å². The van der Waals surface area contributed by atoms with Crippen LogP contribution < -0.4 is 0 Å². The van der Waals surface area contributed by atoms with Gasteiger partial charge in [0.05, 0.1) is 0 Å². The first-order valence-corrected chi connectivity index (χ1v) is 10.9. The third-order valence-corrected chi connectivity index (χ3v) is 9.20. The Morgan fingerprint density at radius 1 is 1.04 bits per heavy atom. The first-order chi connectivity index (χ1) is 12.7. The van der Waals surface area contributed by atoms with E-state index in [9.17, 15) is 14.4 Å². The van der Waals surface area contributed by atoms with Gasteiger partial charge in [0.2, 0.25) is 0 Å². The zero-order valence-corrected chi connectivity index (χ0v) is 17.3. The first kappa shape index (κ1) is 19.1. The number of fused-ring (bicyclic) bond motifs is 5. The predicted octanol–water partition coefficient (Wildman–Crippen LogP) is 4.35. The maximum atomic E-state index is 12.4. The lowest BCUT2D eigenvalue weighted by Gasteiger charge is -2.62. The smallest absolute Gasteiger partial charge is 0.302 e. The molecule has 0 bridgehead atoms. The van der Waals surface area contributed by atoms with Crippen molar-refractivity contribution in [2.45, 2.75) is 85.2 Å². The third kappa shape index (κ3) is 2.81. The van der Waals surface area contributed by atoms with Gasteiger partial charge < -0.3 is 4.74 Å². The number of ether oxygens (including phenoxy) is 1. The fourth-order valence-corrected chi connectivity index (χ4v) is 8.12. The Morgan fingerprint density at radius 3 is 2.44 bits per heavy atom. The highest BCUT2D eigenvalue weighted by atomic mass is 16.5. The number of carbonyl (C=O) groups is 3. The molecular formula is C23H34O4. The van der Waals surface area contributed by atoms with Gasteiger partial charge in [0.1, 0.15) is 17.7 Å². The van der Waals surface area contributed by atoms with Crippen LogP contribution in [0, 0.1) is 40.4 Å². The summed E-state index contributed by atoms with van der Waals surface area (Å²) in [5.74, 6) is 2.38. The number of Topliss-reactive ketones (excluding diaryl/α,β-unsaturated/α-hetero) is 2. The molecule has 8 atom stereocenters. The molecule has 0 aromatic carbocycles. The molecular weight excluding hydrogens is 340 g/mol. The van der Waals surface area contributed by atoms with E-state index in [1.54, 1.807) is 6.92 Å². The fraction of sp³-hybridized carbons (Fsp3) is 0.870. The lowest BCUT2D eigenvalue weighted by atomic mass is 9.44. The first-order valence-electron chi connectivity index (χ1n) is 10.9. The van der Waals surface area contributed by atoms with Crippen LogP contribution in [0.1, 0.15) is 79.1 Å². The minimum Gasteiger partial charge on any atom is -0.462 e. The van der Waals surface area contributed by atoms with E-state index in [1.807, 2.05) is 0 Å². The van der Waals surface area contributed by atoms with Crippen molar-refractivity contribution in [1.82, 2.24) is 0 Å². The van der Waals surface area contributed by atoms with Crippen molar-refractivity contribution >= 4 is 17.5 Å². The Balaban J connectivity index is 1.73. The summed E-state index contributed by atoms with van der Waals surface area (Å²) >= 11 is 0. The van der Waals surface area contributed by atoms with E-state index in [0.29, 0.717) is 48.1 Å². The summed E-state index contributed by atoms with van der Waals surface area (Å²) in [5, 5.41) is 0. The molecule has 4 rings (SSSR count). The van der Waals surface area contributed by atoms with E-state index in [1.165, 1.54) is 6.92 Å². The molecule has 0 heterocycles. The molecule has 0 aromatic rings. The molecule has 0 spiro atoms. The summed E-state index contributed by atoms with van der Waals surface area (Å²) in [5.41, 5.74) is 0.0212. The lowest BCUT2D eigenvalue weighted by Crippen LogP contribution is -2.60. The molecule has 0 aliphatic heterocycles. The topological polar surface area (TPSA) is 60.4 Å². The zero-order valence-electron chi connectivity index (χ0n) is 17.3. The van der Waals surface area contributed by atoms with Gasteiger partial charge in [-0.3, -0.25) is 14.4 Å². The Kier molecular flexibility index (Phi) is 4.55. The van der Waals surface area contributed by atoms with E-state index in [-0.39, 0.29) is 28.8 Å². The highest BCUT2D eigenvalue weighted by Gasteiger charge is 2.64. The molecule has 0 saturated heterocycles. The van der Waals surface area contributed by atoms with E-state index >= 15 is 0 Å². The highest BCUT2D eigenvalue weighted by molar-refractivity contribution is 5.80. The standard InChI is InChI=1S/C23H34O4/c1-13(24)18-7-8-19-17-6-5-15-11-16(26)9-10-22(15,3)21(17)20(27-14(2)25)12-23(18,19)4/h15,17-21H,5-12H2,1-4H3/t15-,17-,18+,19?,20?,21?,22-,23+/m0/s1. The van der Waals surface area contributed by atoms with Gasteiger partial charge in [0.15, 0.2) is 0 Å². The summed E-state index contributed by atoms with van der Waals surface area (Å²) in [7, 11) is 0. The molecule has 4 fully saturated rings. The van der Waals surface area contributed by atoms with Crippen molar-refractivity contribution in [2.24, 2.45) is 40.4 Å². The van der Waals surface area contributed by atoms with Crippen LogP contribution in [0.3, 0.4) is 0 Å². The van der Waals surface area contributed by atoms with Crippen LogP contribution in [0.15, 0.2) is 0 Å². The van der Waals surface area contributed by atoms with Gasteiger partial charge in [-0.1, -0.05) is 13.8 Å². The van der Waals surface area contributed by atoms with Crippen LogP contribution in [0.25, 0.3) is 0 Å². The Bertz CT molecular complexity index is 669. The SMILES string of the molecule is CC(=O)OC1C[C@@]2(C)C(CC[C@@H]2C(C)=O)[C@@H]2CC[C@H]3CC(=O)CC[C@]3(C)C12. The van der Waals surface area contributed by atoms with Gasteiger partial charge >= 0.3 is 5.97 Å². The average molecular weight is 375 g/mol. The molecule has 4 aliphatic carbocycles. The second-order valence-corrected chi connectivity index (χ2v) is 10.4. The predicted molar refractivity (Wildman–Crippen MR) is 102 cm³/mol. The average Bonchev–Trinajstić information content (AvgIpc) is 2.91. The van der Waals surface area contributed by atoms with Gasteiger partial charge in [-0.15, -0.1) is 0 Å². The van der Waals surface area contributed by atoms with Crippen molar-refractivity contribution in [2.75, 3.05) is 0 Å². The maximum absolute atomic E-state index is 12.4. The summed E-state index contributed by atoms with van der Waals surface area (Å²) < 4.78 is 5.97. The molecule has 27 heavy (non-hydrogen) atoms. The molecule has 0 radical (unpaired) electrons. The zero-order chi connectivity index (χ0) is 19.6. The van der Waals surface area contributed by atoms with Crippen molar-refractivity contribution < 1.29 is 19.1 Å². The van der Waals surface area contributed by atoms with E-state index < -0.39 is 0 Å². The fourth-order valence-electron chi connectivity index (χ4n) is 8.12. The molecule has 0 N–H and O–H groups in total. The number of esters is 1. The quantitative estimate of drug-likeness (QED) is 0.675. The van der Waals surface area contributed by atoms with Crippen LogP contribution in [-0.4, -0.2) is 23.6 Å². The van der Waals surface area contributed by atoms with Gasteiger partial charge in [0.25, 0.3) is 0 Å². The highest BCUT2D eigenvalue weighted by Crippen LogP contribution is 2.67. The number of carbonyl (C=O) groups excluding carboxylic acids is 3. The molecule has 150 valence electrons. The molecule has 4 heteroatoms. The summed E-state index contributed by atoms with van der Waals surface area (Å²) in [6.07, 6.45) is 7.29. The van der Waals surface area contributed by atoms with E-state index in [4.69, 9.17) is 4.74 Å². The van der Waals surface area contributed by atoms with Crippen LogP contribution >= 0.6 is 0 Å². The van der Waals surface area contributed by atoms with Crippen molar-refractivity contribution in [3.8, 4) is 0 Å². The van der Waals surface area contributed by atoms with Crippen LogP contribution in [0.2, 0.25) is 0 Å². The number of hydrogen-bond acceptors (Lipinski definition) is 4. The summed E-state index contributed by atoms with van der Waals surface area (Å²) in [6, 6.07) is 0. The number of rotatable bonds is 2. The number of ketones is 2. The van der Waals surface area contributed by atoms with Crippen LogP contribution in [0.5, 0.6) is 0 Å². The van der Waals surface area contributed by atoms with Gasteiger partial charge in [-0.05, 0) is 74.0 Å². The Hall–Kier alpha value is -1.19. The molecule has 4 aliphatic rings. The largest absolute Gasteiger partial charge is 0.462 e. The lowest BCUT2D eigenvalue weighted by molar-refractivity contribution is -0.193. The van der Waals surface area contributed by atoms with Gasteiger partial charge in [0, 0.05) is 31.6 Å². The van der Waals surface area contributed by atoms with Crippen molar-refractivity contribution in [3.05, 3.63) is 0 Å². The maximum Gasteiger partial charge on any atom is 0.302 e. The second kappa shape index (κ2) is 6.42. The normalized spacial score (nSPS) is 49.0. The molecule has 4 saturated carbocycles. The van der Waals surface area contributed by atoms with E-state index in [2.05, 4.69) is 13.8 Å². The molecule has 0 amide bonds. The van der Waals surface area contributed by atoms with Crippen LogP contribution in [-0.2, 0) is 19.1 Å². The van der Waals surface area contributed by atoms with E-state index in [0.717, 1.165) is 38.5 Å². The third-order valence-electron chi connectivity index (χ3n) is 9.20. The Labute approximate surface area is 162 Å². The van der Waals surface area contributed by atoms with Gasteiger partial charge in [-0.25, -0.2) is 0 Å². The minimum absolute atomic E-state index is 0.0548. The summed E-state index contributed by atoms with van der Waals surface area (Å²) in [6.45, 7) is 7.88. The molecule has 0 aromatic heterocycles. The molecule has 4 nitrogen and oxygen atoms in total. The Morgan fingerprint density at radius 2 is 1.78 bits per heavy atom. The monoisotopic (exact) mass is 374 g/mol. The summed E-state index contributed by atoms with van der Waals surface area (Å²) in [4.78, 5) is 36.5. The molecule has 3 unspecified atom stereocenters. The number of hydrogen-bond donors (Lipinski definition) is 0. The van der Waals surface area contributed by atoms with Gasteiger partial charge in [-0.2, -0.15) is 0 Å². The van der Waals surface area contributed by atoms with Crippen molar-refractivity contribution in [1.29, 1.82) is 0 Å². The second-order valence-electron chi connectivity index (χ2n) is 10.4. The minimum atomic E-state index is -0.212. The van der Waals surface area contributed by atoms with Crippen LogP contribution in [0.4, 0.5) is 0 Å².